The molecule has 1 N–H and O–H groups in total. The van der Waals surface area contributed by atoms with Gasteiger partial charge >= 0.3 is 0 Å². The molecule has 0 aliphatic carbocycles. The SMILES string of the molecule is CCC(O)CN1CCN(C(=O)c2ncoc2-c2ccco2)CC1. The fourth-order valence-corrected chi connectivity index (χ4v) is 2.69. The van der Waals surface area contributed by atoms with Crippen LogP contribution in [-0.4, -0.2) is 64.6 Å². The molecule has 124 valence electrons. The van der Waals surface area contributed by atoms with Crippen molar-refractivity contribution in [3.8, 4) is 11.5 Å². The van der Waals surface area contributed by atoms with Crippen LogP contribution in [0.5, 0.6) is 0 Å². The molecule has 0 saturated carbocycles. The lowest BCUT2D eigenvalue weighted by atomic mass is 10.2. The Morgan fingerprint density at radius 2 is 2.13 bits per heavy atom. The minimum absolute atomic E-state index is 0.152. The highest BCUT2D eigenvalue weighted by Crippen LogP contribution is 2.24. The van der Waals surface area contributed by atoms with Gasteiger partial charge in [0.25, 0.3) is 5.91 Å². The highest BCUT2D eigenvalue weighted by Gasteiger charge is 2.28. The number of oxazole rings is 1. The smallest absolute Gasteiger partial charge is 0.276 e. The molecule has 0 bridgehead atoms. The first-order valence-corrected chi connectivity index (χ1v) is 7.86. The van der Waals surface area contributed by atoms with Crippen LogP contribution in [0.25, 0.3) is 11.5 Å². The summed E-state index contributed by atoms with van der Waals surface area (Å²) in [5, 5.41) is 9.72. The van der Waals surface area contributed by atoms with Crippen molar-refractivity contribution in [3.05, 3.63) is 30.5 Å². The van der Waals surface area contributed by atoms with Crippen molar-refractivity contribution >= 4 is 5.91 Å². The Morgan fingerprint density at radius 3 is 2.78 bits per heavy atom. The third kappa shape index (κ3) is 3.46. The van der Waals surface area contributed by atoms with Gasteiger partial charge in [-0.3, -0.25) is 9.69 Å². The second kappa shape index (κ2) is 6.97. The number of aliphatic hydroxyl groups is 1. The van der Waals surface area contributed by atoms with Crippen molar-refractivity contribution in [1.82, 2.24) is 14.8 Å². The number of hydrogen-bond donors (Lipinski definition) is 1. The molecule has 1 unspecified atom stereocenters. The lowest BCUT2D eigenvalue weighted by Crippen LogP contribution is -2.50. The summed E-state index contributed by atoms with van der Waals surface area (Å²) in [6.07, 6.45) is 3.23. The standard InChI is InChI=1S/C16H21N3O4/c1-2-12(20)10-18-5-7-19(8-6-18)16(21)14-15(23-11-17-14)13-4-3-9-22-13/h3-4,9,11-12,20H,2,5-8,10H2,1H3. The number of aliphatic hydroxyl groups excluding tert-OH is 1. The third-order valence-corrected chi connectivity index (χ3v) is 4.11. The molecular weight excluding hydrogens is 298 g/mol. The van der Waals surface area contributed by atoms with Crippen molar-refractivity contribution in [2.24, 2.45) is 0 Å². The number of aromatic nitrogens is 1. The van der Waals surface area contributed by atoms with Crippen LogP contribution >= 0.6 is 0 Å². The molecule has 1 fully saturated rings. The molecule has 0 radical (unpaired) electrons. The van der Waals surface area contributed by atoms with Crippen LogP contribution in [0.3, 0.4) is 0 Å². The first kappa shape index (κ1) is 15.8. The van der Waals surface area contributed by atoms with Crippen molar-refractivity contribution in [3.63, 3.8) is 0 Å². The van der Waals surface area contributed by atoms with E-state index in [9.17, 15) is 9.90 Å². The molecule has 7 heteroatoms. The minimum atomic E-state index is -0.307. The molecule has 3 heterocycles. The van der Waals surface area contributed by atoms with Crippen molar-refractivity contribution in [1.29, 1.82) is 0 Å². The van der Waals surface area contributed by atoms with Gasteiger partial charge in [0.15, 0.2) is 17.8 Å². The molecule has 0 aromatic carbocycles. The average molecular weight is 319 g/mol. The molecule has 1 saturated heterocycles. The van der Waals surface area contributed by atoms with Crippen LogP contribution in [-0.2, 0) is 0 Å². The van der Waals surface area contributed by atoms with Crippen LogP contribution < -0.4 is 0 Å². The summed E-state index contributed by atoms with van der Waals surface area (Å²) >= 11 is 0. The Balaban J connectivity index is 1.64. The summed E-state index contributed by atoms with van der Waals surface area (Å²) < 4.78 is 10.6. The number of carbonyl (C=O) groups is 1. The van der Waals surface area contributed by atoms with Gasteiger partial charge in [-0.05, 0) is 18.6 Å². The Hall–Kier alpha value is -2.12. The van der Waals surface area contributed by atoms with Crippen molar-refractivity contribution in [2.45, 2.75) is 19.4 Å². The van der Waals surface area contributed by atoms with Gasteiger partial charge in [-0.2, -0.15) is 0 Å². The van der Waals surface area contributed by atoms with E-state index >= 15 is 0 Å². The topological polar surface area (TPSA) is 83.0 Å². The summed E-state index contributed by atoms with van der Waals surface area (Å²) in [4.78, 5) is 20.7. The highest BCUT2D eigenvalue weighted by molar-refractivity contribution is 5.97. The van der Waals surface area contributed by atoms with Crippen LogP contribution in [0.1, 0.15) is 23.8 Å². The lowest BCUT2D eigenvalue weighted by Gasteiger charge is -2.35. The van der Waals surface area contributed by atoms with E-state index in [2.05, 4.69) is 9.88 Å². The van der Waals surface area contributed by atoms with E-state index in [1.165, 1.54) is 12.7 Å². The monoisotopic (exact) mass is 319 g/mol. The van der Waals surface area contributed by atoms with E-state index in [-0.39, 0.29) is 17.7 Å². The number of rotatable bonds is 5. The number of piperazine rings is 1. The van der Waals surface area contributed by atoms with Gasteiger partial charge in [-0.25, -0.2) is 4.98 Å². The molecule has 1 aliphatic heterocycles. The molecule has 0 spiro atoms. The van der Waals surface area contributed by atoms with Gasteiger partial charge in [-0.1, -0.05) is 6.92 Å². The summed E-state index contributed by atoms with van der Waals surface area (Å²) in [7, 11) is 0. The van der Waals surface area contributed by atoms with E-state index in [1.807, 2.05) is 6.92 Å². The Labute approximate surface area is 134 Å². The summed E-state index contributed by atoms with van der Waals surface area (Å²) in [6, 6.07) is 3.48. The lowest BCUT2D eigenvalue weighted by molar-refractivity contribution is 0.0520. The predicted molar refractivity (Wildman–Crippen MR) is 82.8 cm³/mol. The quantitative estimate of drug-likeness (QED) is 0.898. The zero-order valence-corrected chi connectivity index (χ0v) is 13.1. The molecular formula is C16H21N3O4. The summed E-state index contributed by atoms with van der Waals surface area (Å²) in [6.45, 7) is 5.33. The number of nitrogens with zero attached hydrogens (tertiary/aromatic N) is 3. The predicted octanol–water partition coefficient (Wildman–Crippen LogP) is 1.46. The molecule has 1 atom stereocenters. The molecule has 2 aromatic rings. The van der Waals surface area contributed by atoms with E-state index in [0.717, 1.165) is 19.5 Å². The maximum atomic E-state index is 12.7. The van der Waals surface area contributed by atoms with E-state index in [4.69, 9.17) is 8.83 Å². The van der Waals surface area contributed by atoms with Crippen LogP contribution in [0.15, 0.2) is 33.6 Å². The third-order valence-electron chi connectivity index (χ3n) is 4.11. The highest BCUT2D eigenvalue weighted by atomic mass is 16.4. The number of carbonyl (C=O) groups excluding carboxylic acids is 1. The minimum Gasteiger partial charge on any atom is -0.461 e. The largest absolute Gasteiger partial charge is 0.461 e. The van der Waals surface area contributed by atoms with Gasteiger partial charge < -0.3 is 18.8 Å². The van der Waals surface area contributed by atoms with Crippen LogP contribution in [0, 0.1) is 0 Å². The summed E-state index contributed by atoms with van der Waals surface area (Å²) in [5.74, 6) is 0.709. The van der Waals surface area contributed by atoms with Crippen LogP contribution in [0.4, 0.5) is 0 Å². The number of β-amino-alcohol motifs (C(OH)–C–C–N with tert-alkyl or cyclic N) is 1. The zero-order valence-electron chi connectivity index (χ0n) is 13.1. The Bertz CT molecular complexity index is 630. The van der Waals surface area contributed by atoms with Gasteiger partial charge in [0.1, 0.15) is 0 Å². The Morgan fingerprint density at radius 1 is 1.35 bits per heavy atom. The molecule has 7 nitrogen and oxygen atoms in total. The second-order valence-electron chi connectivity index (χ2n) is 5.66. The first-order valence-electron chi connectivity index (χ1n) is 7.86. The molecule has 23 heavy (non-hydrogen) atoms. The average Bonchev–Trinajstić information content (AvgIpc) is 3.25. The molecule has 1 amide bonds. The molecule has 2 aromatic heterocycles. The molecule has 3 rings (SSSR count). The second-order valence-corrected chi connectivity index (χ2v) is 5.66. The fourth-order valence-electron chi connectivity index (χ4n) is 2.69. The number of amides is 1. The van der Waals surface area contributed by atoms with Gasteiger partial charge in [0.2, 0.25) is 5.76 Å². The zero-order chi connectivity index (χ0) is 16.2. The van der Waals surface area contributed by atoms with Gasteiger partial charge in [0.05, 0.1) is 12.4 Å². The number of furan rings is 1. The maximum absolute atomic E-state index is 12.7. The summed E-state index contributed by atoms with van der Waals surface area (Å²) in [5.41, 5.74) is 0.280. The first-order chi connectivity index (χ1) is 11.2. The van der Waals surface area contributed by atoms with Crippen LogP contribution in [0.2, 0.25) is 0 Å². The maximum Gasteiger partial charge on any atom is 0.276 e. The normalized spacial score (nSPS) is 17.4. The Kier molecular flexibility index (Phi) is 4.78. The number of hydrogen-bond acceptors (Lipinski definition) is 6. The fraction of sp³-hybridized carbons (Fsp3) is 0.500. The molecule has 1 aliphatic rings. The van der Waals surface area contributed by atoms with Crippen molar-refractivity contribution < 1.29 is 18.7 Å². The van der Waals surface area contributed by atoms with E-state index < -0.39 is 0 Å². The van der Waals surface area contributed by atoms with Crippen molar-refractivity contribution in [2.75, 3.05) is 32.7 Å². The van der Waals surface area contributed by atoms with E-state index in [0.29, 0.717) is 31.2 Å². The van der Waals surface area contributed by atoms with Gasteiger partial charge in [-0.15, -0.1) is 0 Å². The van der Waals surface area contributed by atoms with E-state index in [1.54, 1.807) is 17.0 Å². The van der Waals surface area contributed by atoms with Gasteiger partial charge in [0, 0.05) is 32.7 Å².